The summed E-state index contributed by atoms with van der Waals surface area (Å²) in [6.45, 7) is 0.611. The molecule has 24 heavy (non-hydrogen) atoms. The van der Waals surface area contributed by atoms with Gasteiger partial charge in [-0.2, -0.15) is 0 Å². The van der Waals surface area contributed by atoms with Gasteiger partial charge in [0.2, 0.25) is 5.75 Å². The van der Waals surface area contributed by atoms with Gasteiger partial charge >= 0.3 is 0 Å². The highest BCUT2D eigenvalue weighted by atomic mass is 16.5. The van der Waals surface area contributed by atoms with Gasteiger partial charge in [-0.05, 0) is 24.1 Å². The smallest absolute Gasteiger partial charge is 0.200 e. The lowest BCUT2D eigenvalue weighted by Gasteiger charge is -2.12. The number of hydrogen-bond donors (Lipinski definition) is 2. The summed E-state index contributed by atoms with van der Waals surface area (Å²) in [5.41, 5.74) is 2.13. The van der Waals surface area contributed by atoms with Crippen molar-refractivity contribution < 1.29 is 14.6 Å². The fourth-order valence-electron chi connectivity index (χ4n) is 2.34. The van der Waals surface area contributed by atoms with Crippen molar-refractivity contribution in [3.63, 3.8) is 0 Å². The van der Waals surface area contributed by atoms with E-state index in [2.05, 4.69) is 25.3 Å². The molecule has 0 bridgehead atoms. The largest absolute Gasteiger partial charge is 0.502 e. The number of methoxy groups -OCH3 is 2. The van der Waals surface area contributed by atoms with Gasteiger partial charge in [0, 0.05) is 18.9 Å². The van der Waals surface area contributed by atoms with Crippen LogP contribution in [0.15, 0.2) is 30.9 Å². The molecule has 0 amide bonds. The lowest BCUT2D eigenvalue weighted by Crippen LogP contribution is -2.08. The van der Waals surface area contributed by atoms with Crippen LogP contribution in [0, 0.1) is 0 Å². The van der Waals surface area contributed by atoms with E-state index in [1.54, 1.807) is 24.5 Å². The third-order valence-corrected chi connectivity index (χ3v) is 3.52. The number of phenolic OH excluding ortho intramolecular Hbond substituents is 1. The first-order valence-corrected chi connectivity index (χ1v) is 7.32. The van der Waals surface area contributed by atoms with Crippen LogP contribution in [0.3, 0.4) is 0 Å². The van der Waals surface area contributed by atoms with Crippen molar-refractivity contribution in [3.05, 3.63) is 36.4 Å². The first-order valence-electron chi connectivity index (χ1n) is 7.32. The minimum Gasteiger partial charge on any atom is -0.502 e. The van der Waals surface area contributed by atoms with Gasteiger partial charge in [0.1, 0.15) is 11.8 Å². The van der Waals surface area contributed by atoms with Crippen LogP contribution in [0.1, 0.15) is 5.56 Å². The van der Waals surface area contributed by atoms with Crippen LogP contribution >= 0.6 is 0 Å². The van der Waals surface area contributed by atoms with E-state index in [0.717, 1.165) is 5.56 Å². The molecule has 0 aliphatic heterocycles. The molecule has 3 aromatic rings. The quantitative estimate of drug-likeness (QED) is 0.706. The van der Waals surface area contributed by atoms with E-state index in [4.69, 9.17) is 9.47 Å². The van der Waals surface area contributed by atoms with E-state index in [-0.39, 0.29) is 5.75 Å². The highest BCUT2D eigenvalue weighted by Gasteiger charge is 2.11. The topological polar surface area (TPSA) is 102 Å². The number of ether oxygens (including phenoxy) is 2. The first kappa shape index (κ1) is 15.7. The predicted molar refractivity (Wildman–Crippen MR) is 88.5 cm³/mol. The number of benzene rings is 1. The molecule has 2 heterocycles. The summed E-state index contributed by atoms with van der Waals surface area (Å²) in [7, 11) is 3.00. The zero-order chi connectivity index (χ0) is 16.9. The molecule has 8 nitrogen and oxygen atoms in total. The highest BCUT2D eigenvalue weighted by molar-refractivity contribution is 5.81. The Kier molecular flexibility index (Phi) is 4.55. The third kappa shape index (κ3) is 3.12. The number of phenols is 1. The van der Waals surface area contributed by atoms with E-state index in [1.165, 1.54) is 20.5 Å². The second-order valence-corrected chi connectivity index (χ2v) is 4.98. The lowest BCUT2D eigenvalue weighted by molar-refractivity contribution is 0.339. The van der Waals surface area contributed by atoms with Gasteiger partial charge < -0.3 is 19.9 Å². The van der Waals surface area contributed by atoms with Crippen LogP contribution in [0.2, 0.25) is 0 Å². The van der Waals surface area contributed by atoms with Gasteiger partial charge in [-0.25, -0.2) is 19.9 Å². The summed E-state index contributed by atoms with van der Waals surface area (Å²) in [5.74, 6) is 1.38. The zero-order valence-electron chi connectivity index (χ0n) is 13.4. The normalized spacial score (nSPS) is 10.6. The SMILES string of the molecule is COc1cc(CCNc2ncnc3nccnc23)cc(OC)c1O. The van der Waals surface area contributed by atoms with Crippen molar-refractivity contribution in [2.24, 2.45) is 0 Å². The average Bonchev–Trinajstić information content (AvgIpc) is 2.63. The van der Waals surface area contributed by atoms with E-state index >= 15 is 0 Å². The van der Waals surface area contributed by atoms with Crippen molar-refractivity contribution in [2.45, 2.75) is 6.42 Å². The molecule has 124 valence electrons. The van der Waals surface area contributed by atoms with Crippen molar-refractivity contribution in [1.29, 1.82) is 0 Å². The second kappa shape index (κ2) is 6.95. The number of fused-ring (bicyclic) bond motifs is 1. The number of rotatable bonds is 6. The average molecular weight is 327 g/mol. The van der Waals surface area contributed by atoms with Crippen LogP contribution in [0.5, 0.6) is 17.2 Å². The number of anilines is 1. The molecule has 2 aromatic heterocycles. The van der Waals surface area contributed by atoms with Crippen molar-refractivity contribution in [1.82, 2.24) is 19.9 Å². The molecular weight excluding hydrogens is 310 g/mol. The van der Waals surface area contributed by atoms with E-state index < -0.39 is 0 Å². The van der Waals surface area contributed by atoms with Gasteiger partial charge in [-0.3, -0.25) is 0 Å². The molecule has 0 radical (unpaired) electrons. The van der Waals surface area contributed by atoms with Gasteiger partial charge in [-0.15, -0.1) is 0 Å². The van der Waals surface area contributed by atoms with Crippen LogP contribution < -0.4 is 14.8 Å². The molecule has 0 aliphatic rings. The molecule has 3 rings (SSSR count). The maximum atomic E-state index is 9.94. The predicted octanol–water partition coefficient (Wildman–Crippen LogP) is 1.80. The molecule has 0 unspecified atom stereocenters. The zero-order valence-corrected chi connectivity index (χ0v) is 13.4. The number of nitrogens with one attached hydrogen (secondary N) is 1. The summed E-state index contributed by atoms with van der Waals surface area (Å²) in [4.78, 5) is 16.7. The van der Waals surface area contributed by atoms with Gasteiger partial charge in [-0.1, -0.05) is 0 Å². The number of aromatic hydroxyl groups is 1. The molecule has 2 N–H and O–H groups in total. The van der Waals surface area contributed by atoms with E-state index in [0.29, 0.717) is 41.4 Å². The summed E-state index contributed by atoms with van der Waals surface area (Å²) >= 11 is 0. The number of aromatic nitrogens is 4. The summed E-state index contributed by atoms with van der Waals surface area (Å²) < 4.78 is 10.3. The number of hydrogen-bond acceptors (Lipinski definition) is 8. The van der Waals surface area contributed by atoms with Crippen molar-refractivity contribution >= 4 is 17.0 Å². The third-order valence-electron chi connectivity index (χ3n) is 3.52. The summed E-state index contributed by atoms with van der Waals surface area (Å²) in [6.07, 6.45) is 5.32. The minimum absolute atomic E-state index is 0.00576. The van der Waals surface area contributed by atoms with Gasteiger partial charge in [0.25, 0.3) is 0 Å². The van der Waals surface area contributed by atoms with Gasteiger partial charge in [0.05, 0.1) is 14.2 Å². The van der Waals surface area contributed by atoms with Crippen molar-refractivity contribution in [3.8, 4) is 17.2 Å². The summed E-state index contributed by atoms with van der Waals surface area (Å²) in [6, 6.07) is 3.55. The lowest BCUT2D eigenvalue weighted by atomic mass is 10.1. The minimum atomic E-state index is -0.00576. The van der Waals surface area contributed by atoms with Crippen LogP contribution in [0.4, 0.5) is 5.82 Å². The summed E-state index contributed by atoms with van der Waals surface area (Å²) in [5, 5.41) is 13.2. The Morgan fingerprint density at radius 2 is 1.71 bits per heavy atom. The first-order chi connectivity index (χ1) is 11.7. The Bertz CT molecular complexity index is 826. The molecule has 1 aromatic carbocycles. The Morgan fingerprint density at radius 1 is 1.00 bits per heavy atom. The molecule has 0 atom stereocenters. The van der Waals surface area contributed by atoms with Gasteiger partial charge in [0.15, 0.2) is 23.0 Å². The molecule has 0 fully saturated rings. The van der Waals surface area contributed by atoms with Crippen LogP contribution in [-0.2, 0) is 6.42 Å². The van der Waals surface area contributed by atoms with Crippen molar-refractivity contribution in [2.75, 3.05) is 26.1 Å². The Balaban J connectivity index is 1.74. The van der Waals surface area contributed by atoms with Crippen LogP contribution in [0.25, 0.3) is 11.2 Å². The molecule has 0 saturated carbocycles. The molecule has 0 aliphatic carbocycles. The fourth-order valence-corrected chi connectivity index (χ4v) is 2.34. The second-order valence-electron chi connectivity index (χ2n) is 4.98. The Morgan fingerprint density at radius 3 is 2.42 bits per heavy atom. The van der Waals surface area contributed by atoms with Crippen LogP contribution in [-0.4, -0.2) is 45.8 Å². The maximum absolute atomic E-state index is 9.94. The molecular formula is C16H17N5O3. The maximum Gasteiger partial charge on any atom is 0.200 e. The monoisotopic (exact) mass is 327 g/mol. The standard InChI is InChI=1S/C16H17N5O3/c1-23-11-7-10(8-12(24-2)14(11)22)3-4-18-15-13-16(21-9-20-15)19-6-5-17-13/h5-9,22H,3-4H2,1-2H3,(H,18,19,20,21). The Hall–Kier alpha value is -3.16. The molecule has 0 spiro atoms. The Labute approximate surface area is 138 Å². The highest BCUT2D eigenvalue weighted by Crippen LogP contribution is 2.37. The molecule has 0 saturated heterocycles. The fraction of sp³-hybridized carbons (Fsp3) is 0.250. The molecule has 8 heteroatoms. The number of nitrogens with zero attached hydrogens (tertiary/aromatic N) is 4. The van der Waals surface area contributed by atoms with E-state index in [9.17, 15) is 5.11 Å². The van der Waals surface area contributed by atoms with E-state index in [1.807, 2.05) is 0 Å².